The van der Waals surface area contributed by atoms with E-state index in [1.807, 2.05) is 32.0 Å². The molecule has 172 valence electrons. The highest BCUT2D eigenvalue weighted by atomic mass is 16.4. The smallest absolute Gasteiger partial charge is 0.309 e. The van der Waals surface area contributed by atoms with Crippen molar-refractivity contribution in [2.45, 2.75) is 44.9 Å². The average Bonchev–Trinajstić information content (AvgIpc) is 3.44. The van der Waals surface area contributed by atoms with E-state index in [-0.39, 0.29) is 30.0 Å². The van der Waals surface area contributed by atoms with Crippen LogP contribution in [0.2, 0.25) is 0 Å². The van der Waals surface area contributed by atoms with Gasteiger partial charge in [0.05, 0.1) is 46.0 Å². The number of nitrogens with one attached hydrogen (secondary N) is 2. The van der Waals surface area contributed by atoms with Crippen molar-refractivity contribution in [1.29, 1.82) is 5.26 Å². The molecule has 1 fully saturated rings. The monoisotopic (exact) mass is 458 g/mol. The number of carbonyl (C=O) groups is 1. The SMILES string of the molecule is CC(C)Nc1cc(-c2ccc3cc(C#N)cnn23)ncc1-c1nnc(C(=O)NC2CC(O)C2)o1. The fourth-order valence-electron chi connectivity index (χ4n) is 3.83. The summed E-state index contributed by atoms with van der Waals surface area (Å²) in [5.41, 5.74) is 3.94. The maximum absolute atomic E-state index is 12.4. The van der Waals surface area contributed by atoms with Gasteiger partial charge < -0.3 is 20.2 Å². The maximum Gasteiger partial charge on any atom is 0.309 e. The minimum atomic E-state index is -0.471. The van der Waals surface area contributed by atoms with E-state index in [0.29, 0.717) is 35.3 Å². The summed E-state index contributed by atoms with van der Waals surface area (Å²) >= 11 is 0. The molecule has 0 unspecified atom stereocenters. The largest absolute Gasteiger partial charge is 0.412 e. The van der Waals surface area contributed by atoms with Crippen molar-refractivity contribution in [2.24, 2.45) is 0 Å². The molecule has 0 spiro atoms. The number of nitrogens with zero attached hydrogens (tertiary/aromatic N) is 6. The summed E-state index contributed by atoms with van der Waals surface area (Å²) in [4.78, 5) is 17.0. The van der Waals surface area contributed by atoms with Crippen molar-refractivity contribution in [1.82, 2.24) is 30.1 Å². The Morgan fingerprint density at radius 2 is 2.09 bits per heavy atom. The van der Waals surface area contributed by atoms with Crippen molar-refractivity contribution in [3.8, 4) is 28.9 Å². The van der Waals surface area contributed by atoms with Gasteiger partial charge in [0.15, 0.2) is 0 Å². The number of fused-ring (bicyclic) bond motifs is 1. The van der Waals surface area contributed by atoms with Crippen molar-refractivity contribution < 1.29 is 14.3 Å². The highest BCUT2D eigenvalue weighted by Crippen LogP contribution is 2.31. The molecule has 0 aliphatic heterocycles. The molecule has 1 aliphatic carbocycles. The first-order valence-electron chi connectivity index (χ1n) is 10.9. The molecule has 5 rings (SSSR count). The number of aliphatic hydroxyl groups excluding tert-OH is 1. The summed E-state index contributed by atoms with van der Waals surface area (Å²) in [6.45, 7) is 4.00. The predicted octanol–water partition coefficient (Wildman–Crippen LogP) is 2.39. The number of rotatable bonds is 6. The zero-order valence-corrected chi connectivity index (χ0v) is 18.6. The van der Waals surface area contributed by atoms with E-state index in [1.54, 1.807) is 16.8 Å². The average molecular weight is 458 g/mol. The Morgan fingerprint density at radius 1 is 1.26 bits per heavy atom. The summed E-state index contributed by atoms with van der Waals surface area (Å²) < 4.78 is 7.37. The van der Waals surface area contributed by atoms with E-state index in [9.17, 15) is 9.90 Å². The molecule has 0 saturated heterocycles. The Balaban J connectivity index is 1.47. The molecular weight excluding hydrogens is 436 g/mol. The quantitative estimate of drug-likeness (QED) is 0.395. The Morgan fingerprint density at radius 3 is 2.82 bits per heavy atom. The lowest BCUT2D eigenvalue weighted by Crippen LogP contribution is -2.46. The normalized spacial score (nSPS) is 17.4. The van der Waals surface area contributed by atoms with Crippen LogP contribution in [0.15, 0.2) is 41.1 Å². The van der Waals surface area contributed by atoms with E-state index in [4.69, 9.17) is 9.68 Å². The van der Waals surface area contributed by atoms with Crippen molar-refractivity contribution in [3.63, 3.8) is 0 Å². The van der Waals surface area contributed by atoms with Gasteiger partial charge in [-0.1, -0.05) is 0 Å². The van der Waals surface area contributed by atoms with Gasteiger partial charge in [-0.3, -0.25) is 9.78 Å². The fraction of sp³-hybridized carbons (Fsp3) is 0.304. The second-order valence-electron chi connectivity index (χ2n) is 8.53. The summed E-state index contributed by atoms with van der Waals surface area (Å²) in [6.07, 6.45) is 3.77. The predicted molar refractivity (Wildman–Crippen MR) is 122 cm³/mol. The van der Waals surface area contributed by atoms with Gasteiger partial charge in [0.2, 0.25) is 0 Å². The molecule has 3 N–H and O–H groups in total. The zero-order valence-electron chi connectivity index (χ0n) is 18.6. The van der Waals surface area contributed by atoms with Gasteiger partial charge in [0.25, 0.3) is 5.89 Å². The molecule has 11 heteroatoms. The van der Waals surface area contributed by atoms with E-state index in [1.165, 1.54) is 6.20 Å². The van der Waals surface area contributed by atoms with E-state index < -0.39 is 5.91 Å². The van der Waals surface area contributed by atoms with Crippen LogP contribution in [-0.2, 0) is 0 Å². The number of aromatic nitrogens is 5. The molecule has 4 heterocycles. The van der Waals surface area contributed by atoms with Crippen LogP contribution >= 0.6 is 0 Å². The van der Waals surface area contributed by atoms with Gasteiger partial charge in [0.1, 0.15) is 6.07 Å². The molecule has 0 bridgehead atoms. The number of nitriles is 1. The third kappa shape index (κ3) is 4.06. The fourth-order valence-corrected chi connectivity index (χ4v) is 3.83. The minimum absolute atomic E-state index is 0.0910. The first-order chi connectivity index (χ1) is 16.4. The molecule has 1 aliphatic rings. The number of hydrogen-bond acceptors (Lipinski definition) is 9. The molecule has 1 amide bonds. The summed E-state index contributed by atoms with van der Waals surface area (Å²) in [6, 6.07) is 9.47. The Labute approximate surface area is 194 Å². The molecule has 34 heavy (non-hydrogen) atoms. The maximum atomic E-state index is 12.4. The summed E-state index contributed by atoms with van der Waals surface area (Å²) in [5, 5.41) is 36.9. The van der Waals surface area contributed by atoms with Crippen LogP contribution < -0.4 is 10.6 Å². The first-order valence-corrected chi connectivity index (χ1v) is 10.9. The molecule has 4 aromatic rings. The number of hydrogen-bond donors (Lipinski definition) is 3. The van der Waals surface area contributed by atoms with Crippen molar-refractivity contribution in [2.75, 3.05) is 5.32 Å². The van der Waals surface area contributed by atoms with E-state index in [0.717, 1.165) is 11.2 Å². The molecule has 11 nitrogen and oxygen atoms in total. The Kier molecular flexibility index (Phi) is 5.43. The van der Waals surface area contributed by atoms with E-state index in [2.05, 4.69) is 37.0 Å². The van der Waals surface area contributed by atoms with Crippen LogP contribution in [-0.4, -0.2) is 54.0 Å². The third-order valence-electron chi connectivity index (χ3n) is 5.54. The van der Waals surface area contributed by atoms with Crippen molar-refractivity contribution >= 4 is 17.1 Å². The van der Waals surface area contributed by atoms with Crippen LogP contribution in [0, 0.1) is 11.3 Å². The van der Waals surface area contributed by atoms with Gasteiger partial charge in [-0.25, -0.2) is 4.52 Å². The lowest BCUT2D eigenvalue weighted by molar-refractivity contribution is 0.0548. The molecule has 0 aromatic carbocycles. The zero-order chi connectivity index (χ0) is 23.8. The molecule has 0 atom stereocenters. The van der Waals surface area contributed by atoms with Crippen LogP contribution in [0.3, 0.4) is 0 Å². The minimum Gasteiger partial charge on any atom is -0.412 e. The van der Waals surface area contributed by atoms with Gasteiger partial charge in [0, 0.05) is 18.3 Å². The Hall–Kier alpha value is -4.30. The molecule has 0 radical (unpaired) electrons. The number of aliphatic hydroxyl groups is 1. The lowest BCUT2D eigenvalue weighted by Gasteiger charge is -2.31. The highest BCUT2D eigenvalue weighted by Gasteiger charge is 2.30. The number of pyridine rings is 1. The van der Waals surface area contributed by atoms with Gasteiger partial charge in [-0.05, 0) is 51.0 Å². The van der Waals surface area contributed by atoms with Crippen LogP contribution in [0.25, 0.3) is 28.4 Å². The second-order valence-corrected chi connectivity index (χ2v) is 8.53. The molecular formula is C23H22N8O3. The Bertz CT molecular complexity index is 1410. The van der Waals surface area contributed by atoms with Crippen LogP contribution in [0.4, 0.5) is 5.69 Å². The standard InChI is InChI=1S/C23H22N8O3/c1-12(2)27-18-8-19(20-4-3-15-5-13(9-24)10-26-31(15)20)25-11-17(18)22-29-30-23(34-22)21(33)28-14-6-16(32)7-14/h3-5,8,10-12,14,16,32H,6-7H2,1-2H3,(H,25,27)(H,28,33). The van der Waals surface area contributed by atoms with Gasteiger partial charge in [-0.2, -0.15) is 10.4 Å². The third-order valence-corrected chi connectivity index (χ3v) is 5.54. The number of carbonyl (C=O) groups excluding carboxylic acids is 1. The lowest BCUT2D eigenvalue weighted by atomic mass is 9.89. The summed E-state index contributed by atoms with van der Waals surface area (Å²) in [7, 11) is 0. The second kappa shape index (κ2) is 8.57. The first kappa shape index (κ1) is 21.5. The molecule has 4 aromatic heterocycles. The number of amides is 1. The van der Waals surface area contributed by atoms with Gasteiger partial charge in [-0.15, -0.1) is 10.2 Å². The highest BCUT2D eigenvalue weighted by molar-refractivity contribution is 5.90. The van der Waals surface area contributed by atoms with Crippen LogP contribution in [0.5, 0.6) is 0 Å². The summed E-state index contributed by atoms with van der Waals surface area (Å²) in [5.74, 6) is -0.454. The van der Waals surface area contributed by atoms with Gasteiger partial charge >= 0.3 is 11.8 Å². The van der Waals surface area contributed by atoms with Crippen molar-refractivity contribution in [3.05, 3.63) is 48.1 Å². The van der Waals surface area contributed by atoms with Crippen LogP contribution in [0.1, 0.15) is 42.9 Å². The number of anilines is 1. The topological polar surface area (TPSA) is 154 Å². The van der Waals surface area contributed by atoms with E-state index >= 15 is 0 Å². The molecule has 1 saturated carbocycles.